The van der Waals surface area contributed by atoms with Gasteiger partial charge in [0, 0.05) is 12.8 Å². The van der Waals surface area contributed by atoms with Crippen LogP contribution in [0, 0.1) is 11.8 Å². The smallest absolute Gasteiger partial charge is 0.326 e. The van der Waals surface area contributed by atoms with Crippen LogP contribution in [0.4, 0.5) is 0 Å². The summed E-state index contributed by atoms with van der Waals surface area (Å²) in [6, 6.07) is -12.7. The van der Waals surface area contributed by atoms with Crippen LogP contribution < -0.4 is 54.0 Å². The van der Waals surface area contributed by atoms with Gasteiger partial charge in [-0.3, -0.25) is 52.7 Å². The minimum Gasteiger partial charge on any atom is -0.481 e. The molecule has 0 aliphatic rings. The largest absolute Gasteiger partial charge is 0.481 e. The van der Waals surface area contributed by atoms with E-state index in [1.807, 2.05) is 5.32 Å². The lowest BCUT2D eigenvalue weighted by Gasteiger charge is -2.30. The first kappa shape index (κ1) is 59.6. The lowest BCUT2D eigenvalue weighted by atomic mass is 9.96. The van der Waals surface area contributed by atoms with E-state index in [0.717, 1.165) is 0 Å². The van der Waals surface area contributed by atoms with Crippen LogP contribution in [0.5, 0.6) is 0 Å². The van der Waals surface area contributed by atoms with Crippen LogP contribution in [0.1, 0.15) is 106 Å². The zero-order valence-electron chi connectivity index (χ0n) is 38.3. The van der Waals surface area contributed by atoms with Crippen molar-refractivity contribution in [1.29, 1.82) is 0 Å². The third kappa shape index (κ3) is 22.5. The van der Waals surface area contributed by atoms with Gasteiger partial charge in [0.1, 0.15) is 48.3 Å². The number of amides is 8. The Labute approximate surface area is 381 Å². The molecular weight excluding hydrogens is 876 g/mol. The summed E-state index contributed by atoms with van der Waals surface area (Å²) in [5.74, 6) is -14.3. The van der Waals surface area contributed by atoms with Crippen LogP contribution in [-0.2, 0) is 57.5 Å². The van der Waals surface area contributed by atoms with Crippen molar-refractivity contribution >= 4 is 71.1 Å². The fourth-order valence-electron chi connectivity index (χ4n) is 5.86. The molecule has 26 nitrogen and oxygen atoms in total. The number of carbonyl (C=O) groups is 12. The van der Waals surface area contributed by atoms with Crippen molar-refractivity contribution in [1.82, 2.24) is 42.5 Å². The number of carbonyl (C=O) groups excluding carboxylic acids is 8. The highest BCUT2D eigenvalue weighted by Gasteiger charge is 2.36. The number of unbranched alkanes of at least 4 members (excludes halogenated alkanes) is 1. The summed E-state index contributed by atoms with van der Waals surface area (Å²) < 4.78 is 0. The van der Waals surface area contributed by atoms with Crippen LogP contribution in [0.3, 0.4) is 0 Å². The Kier molecular flexibility index (Phi) is 27.0. The zero-order valence-corrected chi connectivity index (χ0v) is 38.3. The van der Waals surface area contributed by atoms with Gasteiger partial charge in [-0.2, -0.15) is 0 Å². The van der Waals surface area contributed by atoms with E-state index in [2.05, 4.69) is 37.2 Å². The maximum Gasteiger partial charge on any atom is 0.326 e. The van der Waals surface area contributed by atoms with Gasteiger partial charge < -0.3 is 74.4 Å². The number of hydrogen-bond donors (Lipinski definition) is 14. The van der Waals surface area contributed by atoms with Crippen molar-refractivity contribution < 1.29 is 78.0 Å². The van der Waals surface area contributed by atoms with Gasteiger partial charge in [-0.15, -0.1) is 0 Å². The molecule has 0 radical (unpaired) electrons. The molecule has 0 unspecified atom stereocenters. The summed E-state index contributed by atoms with van der Waals surface area (Å²) in [4.78, 5) is 151. The molecule has 374 valence electrons. The number of carboxylic acid groups (broad SMARTS) is 4. The molecule has 8 amide bonds. The number of nitrogens with one attached hydrogen (secondary N) is 8. The normalized spacial score (nSPS) is 15.5. The monoisotopic (exact) mass is 944 g/mol. The Morgan fingerprint density at radius 3 is 1.30 bits per heavy atom. The molecule has 0 heterocycles. The van der Waals surface area contributed by atoms with E-state index in [1.54, 1.807) is 27.7 Å². The first-order valence-corrected chi connectivity index (χ1v) is 21.4. The average Bonchev–Trinajstić information content (AvgIpc) is 3.22. The van der Waals surface area contributed by atoms with E-state index in [0.29, 0.717) is 19.3 Å². The van der Waals surface area contributed by atoms with Crippen molar-refractivity contribution in [2.75, 3.05) is 6.54 Å². The van der Waals surface area contributed by atoms with Crippen molar-refractivity contribution in [2.45, 2.75) is 161 Å². The summed E-state index contributed by atoms with van der Waals surface area (Å²) in [5.41, 5.74) is 11.2. The van der Waals surface area contributed by atoms with Crippen molar-refractivity contribution in [3.63, 3.8) is 0 Å². The first-order valence-electron chi connectivity index (χ1n) is 21.4. The van der Waals surface area contributed by atoms with E-state index in [4.69, 9.17) is 21.7 Å². The standard InChI is InChI=1S/C40H68N10O16/c1-8-19(4)31(50-34(59)22(7)44-36(61)24(12-14-27(51)52)45-32(57)20(5)42)39(64)49-30(18(2)3)38(63)46-23(11-9-10-16-41)35(60)43-21(6)33(58)48-26(17-29(55)56)37(62)47-25(40(65)66)13-15-28(53)54/h18-26,30-31H,8-17,41-42H2,1-7H3,(H,43,60)(H,44,61)(H,45,57)(H,46,63)(H,47,62)(H,48,58)(H,49,64)(H,50,59)(H,51,52)(H,53,54)(H,55,56)(H,65,66)/t19-,20-,21-,22-,23-,24-,25-,26-,30-,31-/m0/s1. The molecule has 0 saturated carbocycles. The molecule has 0 fully saturated rings. The number of rotatable bonds is 32. The van der Waals surface area contributed by atoms with Gasteiger partial charge in [-0.1, -0.05) is 34.1 Å². The molecule has 66 heavy (non-hydrogen) atoms. The lowest BCUT2D eigenvalue weighted by molar-refractivity contribution is -0.144. The van der Waals surface area contributed by atoms with Gasteiger partial charge in [0.2, 0.25) is 47.3 Å². The van der Waals surface area contributed by atoms with Gasteiger partial charge in [0.15, 0.2) is 0 Å². The maximum atomic E-state index is 13.8. The third-order valence-corrected chi connectivity index (χ3v) is 10.1. The molecule has 0 aromatic carbocycles. The molecule has 16 N–H and O–H groups in total. The highest BCUT2D eigenvalue weighted by molar-refractivity contribution is 5.98. The molecule has 0 spiro atoms. The first-order chi connectivity index (χ1) is 30.7. The molecule has 10 atom stereocenters. The highest BCUT2D eigenvalue weighted by Crippen LogP contribution is 2.12. The topological polar surface area (TPSA) is 434 Å². The van der Waals surface area contributed by atoms with E-state index in [9.17, 15) is 67.7 Å². The van der Waals surface area contributed by atoms with Crippen LogP contribution in [0.15, 0.2) is 0 Å². The number of nitrogens with two attached hydrogens (primary N) is 2. The molecule has 0 aromatic heterocycles. The molecule has 0 rings (SSSR count). The molecule has 0 bridgehead atoms. The third-order valence-electron chi connectivity index (χ3n) is 10.1. The Morgan fingerprint density at radius 1 is 0.455 bits per heavy atom. The van der Waals surface area contributed by atoms with E-state index in [1.165, 1.54) is 20.8 Å². The van der Waals surface area contributed by atoms with Gasteiger partial charge in [0.05, 0.1) is 12.5 Å². The molecular formula is C40H68N10O16. The average molecular weight is 945 g/mol. The Balaban J connectivity index is 6.17. The second-order valence-electron chi connectivity index (χ2n) is 16.2. The predicted molar refractivity (Wildman–Crippen MR) is 231 cm³/mol. The number of hydrogen-bond acceptors (Lipinski definition) is 14. The Hall–Kier alpha value is -6.44. The summed E-state index contributed by atoms with van der Waals surface area (Å²) in [5, 5.41) is 55.7. The van der Waals surface area contributed by atoms with Crippen LogP contribution >= 0.6 is 0 Å². The van der Waals surface area contributed by atoms with Crippen molar-refractivity contribution in [3.05, 3.63) is 0 Å². The highest BCUT2D eigenvalue weighted by atomic mass is 16.4. The van der Waals surface area contributed by atoms with Crippen LogP contribution in [0.25, 0.3) is 0 Å². The number of aliphatic carboxylic acids is 4. The molecule has 0 aliphatic carbocycles. The summed E-state index contributed by atoms with van der Waals surface area (Å²) >= 11 is 0. The van der Waals surface area contributed by atoms with Gasteiger partial charge >= 0.3 is 23.9 Å². The Bertz CT molecular complexity index is 1740. The van der Waals surface area contributed by atoms with Crippen LogP contribution in [0.2, 0.25) is 0 Å². The van der Waals surface area contributed by atoms with Crippen LogP contribution in [-0.4, -0.2) is 152 Å². The summed E-state index contributed by atoms with van der Waals surface area (Å²) in [7, 11) is 0. The molecule has 0 aliphatic heterocycles. The zero-order chi connectivity index (χ0) is 51.0. The van der Waals surface area contributed by atoms with E-state index < -0.39 is 163 Å². The minimum absolute atomic E-state index is 0.0138. The minimum atomic E-state index is -1.86. The lowest BCUT2D eigenvalue weighted by Crippen LogP contribution is -2.61. The van der Waals surface area contributed by atoms with Crippen molar-refractivity contribution in [2.24, 2.45) is 23.3 Å². The van der Waals surface area contributed by atoms with E-state index in [-0.39, 0.29) is 19.4 Å². The SMILES string of the molecule is CC[C@H](C)[C@H](NC(=O)[C@H](C)NC(=O)[C@H](CCC(=O)O)NC(=O)[C@H](C)N)C(=O)N[C@H](C(=O)N[C@@H](CCCCN)C(=O)N[C@@H](C)C(=O)N[C@@H](CC(=O)O)C(=O)N[C@@H](CCC(=O)O)C(=O)O)C(C)C. The second-order valence-corrected chi connectivity index (χ2v) is 16.2. The predicted octanol–water partition coefficient (Wildman–Crippen LogP) is -3.63. The Morgan fingerprint density at radius 2 is 0.864 bits per heavy atom. The quantitative estimate of drug-likeness (QED) is 0.0289. The van der Waals surface area contributed by atoms with Gasteiger partial charge in [-0.05, 0) is 71.3 Å². The molecule has 0 aromatic rings. The fraction of sp³-hybridized carbons (Fsp3) is 0.700. The number of carboxylic acids is 4. The van der Waals surface area contributed by atoms with Crippen molar-refractivity contribution in [3.8, 4) is 0 Å². The fourth-order valence-corrected chi connectivity index (χ4v) is 5.86. The summed E-state index contributed by atoms with van der Waals surface area (Å²) in [6.45, 7) is 10.6. The second kappa shape index (κ2) is 29.9. The molecule has 0 saturated heterocycles. The van der Waals surface area contributed by atoms with E-state index >= 15 is 0 Å². The maximum absolute atomic E-state index is 13.8. The summed E-state index contributed by atoms with van der Waals surface area (Å²) in [6.07, 6.45) is -1.98. The van der Waals surface area contributed by atoms with Gasteiger partial charge in [-0.25, -0.2) is 4.79 Å². The molecule has 26 heteroatoms. The van der Waals surface area contributed by atoms with Gasteiger partial charge in [0.25, 0.3) is 0 Å².